The van der Waals surface area contributed by atoms with E-state index in [0.717, 1.165) is 16.7 Å². The minimum absolute atomic E-state index is 0.220. The second-order valence-corrected chi connectivity index (χ2v) is 8.42. The normalized spacial score (nSPS) is 11.8. The summed E-state index contributed by atoms with van der Waals surface area (Å²) in [6.07, 6.45) is 2.07. The highest BCUT2D eigenvalue weighted by Gasteiger charge is 2.20. The first-order valence-corrected chi connectivity index (χ1v) is 11.4. The molecule has 0 bridgehead atoms. The van der Waals surface area contributed by atoms with Crippen LogP contribution in [0.25, 0.3) is 21.3 Å². The second-order valence-electron chi connectivity index (χ2n) is 7.56. The van der Waals surface area contributed by atoms with Gasteiger partial charge in [-0.05, 0) is 36.6 Å². The Bertz CT molecular complexity index is 1330. The summed E-state index contributed by atoms with van der Waals surface area (Å²) < 4.78 is 12.0. The number of rotatable bonds is 8. The molecule has 8 heteroatoms. The lowest BCUT2D eigenvalue weighted by atomic mass is 10.1. The predicted octanol–water partition coefficient (Wildman–Crippen LogP) is 4.06. The zero-order valence-corrected chi connectivity index (χ0v) is 19.5. The molecule has 0 saturated heterocycles. The number of fused-ring (bicyclic) bond motifs is 1. The van der Waals surface area contributed by atoms with Gasteiger partial charge in [-0.3, -0.25) is 14.2 Å². The molecule has 170 valence electrons. The molecular weight excluding hydrogens is 438 g/mol. The Morgan fingerprint density at radius 1 is 1.12 bits per heavy atom. The zero-order chi connectivity index (χ0) is 23.4. The maximum atomic E-state index is 13.3. The minimum atomic E-state index is -0.691. The lowest BCUT2D eigenvalue weighted by Gasteiger charge is -2.15. The molecule has 0 aliphatic carbocycles. The lowest BCUT2D eigenvalue weighted by Crippen LogP contribution is -2.36. The van der Waals surface area contributed by atoms with E-state index in [-0.39, 0.29) is 11.5 Å². The first kappa shape index (κ1) is 22.5. The fourth-order valence-electron chi connectivity index (χ4n) is 3.69. The number of thiophene rings is 1. The molecule has 2 aromatic heterocycles. The van der Waals surface area contributed by atoms with Gasteiger partial charge in [0, 0.05) is 17.5 Å². The van der Waals surface area contributed by atoms with E-state index < -0.39 is 6.04 Å². The standard InChI is InChI=1S/C25H25N3O4S/c1-16(23(29)26-12-11-17-9-10-20(31-2)21(13-17)32-3)28-15-27-24-22(25(28)30)19(14-33-24)18-7-5-4-6-8-18/h4-10,13-16H,11-12H2,1-3H3,(H,26,29). The SMILES string of the molecule is COc1ccc(CCNC(=O)C(C)n2cnc3scc(-c4ccccc4)c3c2=O)cc1OC. The minimum Gasteiger partial charge on any atom is -0.493 e. The van der Waals surface area contributed by atoms with E-state index in [1.807, 2.05) is 53.9 Å². The quantitative estimate of drug-likeness (QED) is 0.426. The van der Waals surface area contributed by atoms with Crippen LogP contribution in [0.3, 0.4) is 0 Å². The summed E-state index contributed by atoms with van der Waals surface area (Å²) in [5, 5.41) is 5.39. The van der Waals surface area contributed by atoms with E-state index in [1.165, 1.54) is 22.2 Å². The third-order valence-corrected chi connectivity index (χ3v) is 6.45. The monoisotopic (exact) mass is 463 g/mol. The number of nitrogens with zero attached hydrogens (tertiary/aromatic N) is 2. The number of hydrogen-bond donors (Lipinski definition) is 1. The molecule has 0 radical (unpaired) electrons. The van der Waals surface area contributed by atoms with Crippen LogP contribution in [0.15, 0.2) is 65.0 Å². The third kappa shape index (κ3) is 4.61. The van der Waals surface area contributed by atoms with Crippen molar-refractivity contribution in [3.05, 3.63) is 76.2 Å². The molecule has 7 nitrogen and oxygen atoms in total. The molecule has 2 heterocycles. The van der Waals surface area contributed by atoms with Crippen molar-refractivity contribution in [2.24, 2.45) is 0 Å². The van der Waals surface area contributed by atoms with Crippen LogP contribution < -0.4 is 20.3 Å². The summed E-state index contributed by atoms with van der Waals surface area (Å²) in [5.74, 6) is 1.06. The number of benzene rings is 2. The number of amides is 1. The average Bonchev–Trinajstić information content (AvgIpc) is 3.29. The van der Waals surface area contributed by atoms with Gasteiger partial charge >= 0.3 is 0 Å². The number of nitrogens with one attached hydrogen (secondary N) is 1. The molecule has 2 aromatic carbocycles. The molecule has 1 unspecified atom stereocenters. The molecule has 0 spiro atoms. The van der Waals surface area contributed by atoms with Crippen LogP contribution in [0, 0.1) is 0 Å². The number of carbonyl (C=O) groups excluding carboxylic acids is 1. The Kier molecular flexibility index (Phi) is 6.74. The van der Waals surface area contributed by atoms with Crippen molar-refractivity contribution in [2.45, 2.75) is 19.4 Å². The summed E-state index contributed by atoms with van der Waals surface area (Å²) in [5.41, 5.74) is 2.57. The topological polar surface area (TPSA) is 82.5 Å². The number of carbonyl (C=O) groups is 1. The molecule has 1 amide bonds. The highest BCUT2D eigenvalue weighted by atomic mass is 32.1. The molecule has 4 aromatic rings. The predicted molar refractivity (Wildman–Crippen MR) is 130 cm³/mol. The van der Waals surface area contributed by atoms with Crippen molar-refractivity contribution in [1.29, 1.82) is 0 Å². The van der Waals surface area contributed by atoms with Gasteiger partial charge in [-0.1, -0.05) is 36.4 Å². The largest absolute Gasteiger partial charge is 0.493 e. The summed E-state index contributed by atoms with van der Waals surface area (Å²) in [6.45, 7) is 2.13. The first-order valence-electron chi connectivity index (χ1n) is 10.6. The Hall–Kier alpha value is -3.65. The zero-order valence-electron chi connectivity index (χ0n) is 18.7. The van der Waals surface area contributed by atoms with Crippen LogP contribution in [0.4, 0.5) is 0 Å². The molecule has 33 heavy (non-hydrogen) atoms. The van der Waals surface area contributed by atoms with Crippen LogP contribution in [0.2, 0.25) is 0 Å². The van der Waals surface area contributed by atoms with E-state index in [0.29, 0.717) is 34.7 Å². The van der Waals surface area contributed by atoms with Crippen molar-refractivity contribution in [2.75, 3.05) is 20.8 Å². The van der Waals surface area contributed by atoms with Crippen LogP contribution in [0.1, 0.15) is 18.5 Å². The maximum Gasteiger partial charge on any atom is 0.263 e. The van der Waals surface area contributed by atoms with Crippen LogP contribution in [-0.4, -0.2) is 36.2 Å². The molecule has 4 rings (SSSR count). The van der Waals surface area contributed by atoms with Crippen molar-refractivity contribution < 1.29 is 14.3 Å². The van der Waals surface area contributed by atoms with Gasteiger partial charge in [0.05, 0.1) is 25.9 Å². The number of methoxy groups -OCH3 is 2. The van der Waals surface area contributed by atoms with Crippen molar-refractivity contribution in [3.8, 4) is 22.6 Å². The highest BCUT2D eigenvalue weighted by molar-refractivity contribution is 7.17. The van der Waals surface area contributed by atoms with Gasteiger partial charge in [-0.2, -0.15) is 0 Å². The smallest absolute Gasteiger partial charge is 0.263 e. The maximum absolute atomic E-state index is 13.3. The summed E-state index contributed by atoms with van der Waals surface area (Å²) in [7, 11) is 3.18. The van der Waals surface area contributed by atoms with Gasteiger partial charge in [0.2, 0.25) is 5.91 Å². The highest BCUT2D eigenvalue weighted by Crippen LogP contribution is 2.30. The fourth-order valence-corrected chi connectivity index (χ4v) is 4.60. The molecule has 0 fully saturated rings. The number of ether oxygens (including phenoxy) is 2. The lowest BCUT2D eigenvalue weighted by molar-refractivity contribution is -0.123. The van der Waals surface area contributed by atoms with Crippen LogP contribution >= 0.6 is 11.3 Å². The molecule has 0 aliphatic rings. The Morgan fingerprint density at radius 3 is 2.61 bits per heavy atom. The first-order chi connectivity index (χ1) is 16.0. The fraction of sp³-hybridized carbons (Fsp3) is 0.240. The van der Waals surface area contributed by atoms with E-state index >= 15 is 0 Å². The molecule has 0 aliphatic heterocycles. The molecule has 0 saturated carbocycles. The van der Waals surface area contributed by atoms with Gasteiger partial charge in [-0.15, -0.1) is 11.3 Å². The second kappa shape index (κ2) is 9.87. The van der Waals surface area contributed by atoms with E-state index in [9.17, 15) is 9.59 Å². The summed E-state index contributed by atoms with van der Waals surface area (Å²) in [4.78, 5) is 31.2. The third-order valence-electron chi connectivity index (χ3n) is 5.56. The molecule has 1 N–H and O–H groups in total. The van der Waals surface area contributed by atoms with Crippen molar-refractivity contribution in [1.82, 2.24) is 14.9 Å². The van der Waals surface area contributed by atoms with Crippen LogP contribution in [0.5, 0.6) is 11.5 Å². The van der Waals surface area contributed by atoms with Gasteiger partial charge in [0.25, 0.3) is 5.56 Å². The van der Waals surface area contributed by atoms with Gasteiger partial charge in [-0.25, -0.2) is 4.98 Å². The Labute approximate surface area is 195 Å². The van der Waals surface area contributed by atoms with Gasteiger partial charge < -0.3 is 14.8 Å². The van der Waals surface area contributed by atoms with Gasteiger partial charge in [0.15, 0.2) is 11.5 Å². The summed E-state index contributed by atoms with van der Waals surface area (Å²) in [6, 6.07) is 14.7. The van der Waals surface area contributed by atoms with Gasteiger partial charge in [0.1, 0.15) is 10.9 Å². The summed E-state index contributed by atoms with van der Waals surface area (Å²) >= 11 is 1.42. The Morgan fingerprint density at radius 2 is 1.88 bits per heavy atom. The molecule has 1 atom stereocenters. The van der Waals surface area contributed by atoms with E-state index in [1.54, 1.807) is 21.1 Å². The Balaban J connectivity index is 1.49. The van der Waals surface area contributed by atoms with E-state index in [2.05, 4.69) is 10.3 Å². The number of aromatic nitrogens is 2. The van der Waals surface area contributed by atoms with Crippen molar-refractivity contribution >= 4 is 27.5 Å². The van der Waals surface area contributed by atoms with E-state index in [4.69, 9.17) is 9.47 Å². The molecular formula is C25H25N3O4S. The van der Waals surface area contributed by atoms with Crippen molar-refractivity contribution in [3.63, 3.8) is 0 Å². The van der Waals surface area contributed by atoms with Crippen LogP contribution in [-0.2, 0) is 11.2 Å². The number of hydrogen-bond acceptors (Lipinski definition) is 6. The average molecular weight is 464 g/mol.